The molecule has 100 valence electrons. The first-order valence-corrected chi connectivity index (χ1v) is 6.87. The summed E-state index contributed by atoms with van der Waals surface area (Å²) < 4.78 is 0. The van der Waals surface area contributed by atoms with Crippen molar-refractivity contribution >= 4 is 17.2 Å². The van der Waals surface area contributed by atoms with Crippen molar-refractivity contribution in [2.75, 3.05) is 20.1 Å². The van der Waals surface area contributed by atoms with Gasteiger partial charge in [0.15, 0.2) is 0 Å². The highest BCUT2D eigenvalue weighted by molar-refractivity contribution is 7.80. The minimum absolute atomic E-state index is 0.0953. The van der Waals surface area contributed by atoms with Crippen molar-refractivity contribution < 1.29 is 5.11 Å². The zero-order valence-corrected chi connectivity index (χ0v) is 12.1. The van der Waals surface area contributed by atoms with Gasteiger partial charge in [-0.3, -0.25) is 0 Å². The quantitative estimate of drug-likeness (QED) is 0.715. The molecule has 1 aliphatic carbocycles. The van der Waals surface area contributed by atoms with Crippen LogP contribution in [0.3, 0.4) is 0 Å². The molecule has 3 N–H and O–H groups in total. The van der Waals surface area contributed by atoms with Gasteiger partial charge < -0.3 is 15.7 Å². The predicted octanol–water partition coefficient (Wildman–Crippen LogP) is 1.93. The Morgan fingerprint density at radius 3 is 2.41 bits per heavy atom. The lowest BCUT2D eigenvalue weighted by Crippen LogP contribution is -2.41. The van der Waals surface area contributed by atoms with Gasteiger partial charge in [-0.15, -0.1) is 0 Å². The molecule has 0 radical (unpaired) electrons. The third-order valence-corrected chi connectivity index (χ3v) is 4.44. The number of nitrogens with zero attached hydrogens (tertiary/aromatic N) is 1. The number of aliphatic hydroxyl groups is 1. The second-order valence-corrected chi connectivity index (χ2v) is 6.61. The molecule has 0 aromatic rings. The lowest BCUT2D eigenvalue weighted by molar-refractivity contribution is 0.0150. The van der Waals surface area contributed by atoms with Crippen LogP contribution in [0, 0.1) is 5.41 Å². The third kappa shape index (κ3) is 4.53. The molecule has 0 aromatic heterocycles. The van der Waals surface area contributed by atoms with E-state index in [9.17, 15) is 5.11 Å². The summed E-state index contributed by atoms with van der Waals surface area (Å²) in [7, 11) is 2.06. The van der Waals surface area contributed by atoms with Crippen LogP contribution in [0.25, 0.3) is 0 Å². The molecular formula is C13H26N2OS. The van der Waals surface area contributed by atoms with E-state index in [0.717, 1.165) is 45.2 Å². The molecule has 3 nitrogen and oxygen atoms in total. The van der Waals surface area contributed by atoms with E-state index in [1.807, 2.05) is 0 Å². The lowest BCUT2D eigenvalue weighted by Gasteiger charge is -2.31. The van der Waals surface area contributed by atoms with Crippen LogP contribution < -0.4 is 5.73 Å². The largest absolute Gasteiger partial charge is 0.393 e. The van der Waals surface area contributed by atoms with Crippen molar-refractivity contribution in [3.63, 3.8) is 0 Å². The van der Waals surface area contributed by atoms with E-state index in [-0.39, 0.29) is 5.41 Å². The standard InChI is InChI=1S/C13H26N2OS/c1-12(2,11(14)17)8-9-15(3)10-13(16)6-4-5-7-13/h16H,4-10H2,1-3H3,(H2,14,17). The predicted molar refractivity (Wildman–Crippen MR) is 76.1 cm³/mol. The maximum Gasteiger partial charge on any atom is 0.0784 e. The minimum atomic E-state index is -0.456. The Bertz CT molecular complexity index is 273. The Morgan fingerprint density at radius 1 is 1.41 bits per heavy atom. The van der Waals surface area contributed by atoms with E-state index in [1.54, 1.807) is 0 Å². The molecule has 0 aliphatic heterocycles. The van der Waals surface area contributed by atoms with E-state index in [1.165, 1.54) is 0 Å². The molecule has 0 spiro atoms. The monoisotopic (exact) mass is 258 g/mol. The van der Waals surface area contributed by atoms with Crippen molar-refractivity contribution in [2.24, 2.45) is 11.1 Å². The van der Waals surface area contributed by atoms with Gasteiger partial charge in [0, 0.05) is 12.0 Å². The summed E-state index contributed by atoms with van der Waals surface area (Å²) in [6.07, 6.45) is 5.13. The molecule has 0 amide bonds. The van der Waals surface area contributed by atoms with E-state index in [0.29, 0.717) is 4.99 Å². The highest BCUT2D eigenvalue weighted by atomic mass is 32.1. The van der Waals surface area contributed by atoms with Crippen LogP contribution in [0.1, 0.15) is 46.0 Å². The zero-order valence-electron chi connectivity index (χ0n) is 11.3. The molecule has 0 aromatic carbocycles. The number of hydrogen-bond donors (Lipinski definition) is 2. The second kappa shape index (κ2) is 5.63. The first-order valence-electron chi connectivity index (χ1n) is 6.46. The smallest absolute Gasteiger partial charge is 0.0784 e. The molecule has 0 unspecified atom stereocenters. The molecule has 1 aliphatic rings. The van der Waals surface area contributed by atoms with Crippen molar-refractivity contribution in [1.82, 2.24) is 4.90 Å². The molecule has 17 heavy (non-hydrogen) atoms. The molecule has 1 fully saturated rings. The van der Waals surface area contributed by atoms with Gasteiger partial charge in [-0.1, -0.05) is 38.9 Å². The molecule has 1 saturated carbocycles. The average Bonchev–Trinajstić information content (AvgIpc) is 2.62. The highest BCUT2D eigenvalue weighted by Gasteiger charge is 2.32. The Balaban J connectivity index is 2.35. The highest BCUT2D eigenvalue weighted by Crippen LogP contribution is 2.30. The second-order valence-electron chi connectivity index (χ2n) is 6.17. The van der Waals surface area contributed by atoms with E-state index >= 15 is 0 Å². The summed E-state index contributed by atoms with van der Waals surface area (Å²) in [6, 6.07) is 0. The third-order valence-electron chi connectivity index (χ3n) is 3.88. The normalized spacial score (nSPS) is 19.8. The Hall–Kier alpha value is -0.190. The van der Waals surface area contributed by atoms with Gasteiger partial charge in [0.25, 0.3) is 0 Å². The summed E-state index contributed by atoms with van der Waals surface area (Å²) >= 11 is 5.06. The fraction of sp³-hybridized carbons (Fsp3) is 0.923. The van der Waals surface area contributed by atoms with Gasteiger partial charge in [0.1, 0.15) is 0 Å². The van der Waals surface area contributed by atoms with Crippen LogP contribution in [-0.4, -0.2) is 40.7 Å². The first-order chi connectivity index (χ1) is 7.75. The van der Waals surface area contributed by atoms with Gasteiger partial charge in [0.05, 0.1) is 10.6 Å². The molecule has 0 bridgehead atoms. The average molecular weight is 258 g/mol. The summed E-state index contributed by atoms with van der Waals surface area (Å²) in [4.78, 5) is 2.77. The van der Waals surface area contributed by atoms with Crippen LogP contribution in [0.15, 0.2) is 0 Å². The van der Waals surface area contributed by atoms with Crippen LogP contribution in [0.5, 0.6) is 0 Å². The molecule has 4 heteroatoms. The van der Waals surface area contributed by atoms with Gasteiger partial charge in [-0.05, 0) is 32.9 Å². The van der Waals surface area contributed by atoms with E-state index in [2.05, 4.69) is 25.8 Å². The van der Waals surface area contributed by atoms with Crippen molar-refractivity contribution in [3.05, 3.63) is 0 Å². The molecule has 1 rings (SSSR count). The van der Waals surface area contributed by atoms with Crippen molar-refractivity contribution in [3.8, 4) is 0 Å². The van der Waals surface area contributed by atoms with Crippen LogP contribution in [-0.2, 0) is 0 Å². The Kier molecular flexibility index (Phi) is 4.93. The molecule has 0 saturated heterocycles. The number of hydrogen-bond acceptors (Lipinski definition) is 3. The lowest BCUT2D eigenvalue weighted by atomic mass is 9.89. The van der Waals surface area contributed by atoms with Crippen LogP contribution >= 0.6 is 12.2 Å². The molecular weight excluding hydrogens is 232 g/mol. The molecule has 0 atom stereocenters. The van der Waals surface area contributed by atoms with E-state index < -0.39 is 5.60 Å². The van der Waals surface area contributed by atoms with Gasteiger partial charge >= 0.3 is 0 Å². The number of nitrogens with two attached hydrogens (primary N) is 1. The zero-order chi connectivity index (χ0) is 13.1. The fourth-order valence-electron chi connectivity index (χ4n) is 2.37. The first kappa shape index (κ1) is 14.9. The minimum Gasteiger partial charge on any atom is -0.393 e. The maximum absolute atomic E-state index is 10.3. The molecule has 0 heterocycles. The maximum atomic E-state index is 10.3. The van der Waals surface area contributed by atoms with Gasteiger partial charge in [-0.2, -0.15) is 0 Å². The SMILES string of the molecule is CN(CCC(C)(C)C(N)=S)CC1(O)CCCC1. The summed E-state index contributed by atoms with van der Waals surface area (Å²) in [5.41, 5.74) is 5.16. The Morgan fingerprint density at radius 2 is 1.94 bits per heavy atom. The number of thiocarbonyl (C=S) groups is 1. The van der Waals surface area contributed by atoms with Crippen molar-refractivity contribution in [2.45, 2.75) is 51.6 Å². The van der Waals surface area contributed by atoms with Crippen LogP contribution in [0.2, 0.25) is 0 Å². The van der Waals surface area contributed by atoms with Gasteiger partial charge in [-0.25, -0.2) is 0 Å². The summed E-state index contributed by atoms with van der Waals surface area (Å²) in [5.74, 6) is 0. The van der Waals surface area contributed by atoms with Gasteiger partial charge in [0.2, 0.25) is 0 Å². The number of likely N-dealkylation sites (N-methyl/N-ethyl adjacent to an activating group) is 1. The van der Waals surface area contributed by atoms with Crippen molar-refractivity contribution in [1.29, 1.82) is 0 Å². The number of rotatable bonds is 6. The Labute approximate surface area is 110 Å². The van der Waals surface area contributed by atoms with E-state index in [4.69, 9.17) is 18.0 Å². The van der Waals surface area contributed by atoms with Crippen LogP contribution in [0.4, 0.5) is 0 Å². The summed E-state index contributed by atoms with van der Waals surface area (Å²) in [5, 5.41) is 10.3. The topological polar surface area (TPSA) is 49.5 Å². The fourth-order valence-corrected chi connectivity index (χ4v) is 2.47. The summed E-state index contributed by atoms with van der Waals surface area (Å²) in [6.45, 7) is 5.84.